The number of aryl methyl sites for hydroxylation is 1. The lowest BCUT2D eigenvalue weighted by molar-refractivity contribution is 0.575. The van der Waals surface area contributed by atoms with E-state index < -0.39 is 0 Å². The third kappa shape index (κ3) is 5.87. The lowest BCUT2D eigenvalue weighted by Crippen LogP contribution is -1.90. The molecular formula is C17H25N. The van der Waals surface area contributed by atoms with Gasteiger partial charge < -0.3 is 0 Å². The molecule has 0 heterocycles. The second-order valence-corrected chi connectivity index (χ2v) is 4.99. The highest BCUT2D eigenvalue weighted by atomic mass is 14.2. The molecule has 0 spiro atoms. The van der Waals surface area contributed by atoms with E-state index in [0.29, 0.717) is 0 Å². The Balaban J connectivity index is 2.09. The molecule has 0 saturated carbocycles. The molecular weight excluding hydrogens is 218 g/mol. The largest absolute Gasteiger partial charge is 0.192 e. The lowest BCUT2D eigenvalue weighted by Gasteiger charge is -2.04. The SMILES string of the molecule is CCCCCCCCCCc1ccccc1C#N. The molecule has 0 aliphatic rings. The fourth-order valence-electron chi connectivity index (χ4n) is 2.30. The van der Waals surface area contributed by atoms with Crippen molar-refractivity contribution < 1.29 is 0 Å². The van der Waals surface area contributed by atoms with Crippen LogP contribution in [-0.2, 0) is 6.42 Å². The summed E-state index contributed by atoms with van der Waals surface area (Å²) in [6.07, 6.45) is 11.8. The van der Waals surface area contributed by atoms with Crippen LogP contribution in [0.15, 0.2) is 24.3 Å². The molecule has 0 unspecified atom stereocenters. The monoisotopic (exact) mass is 243 g/mol. The molecule has 0 radical (unpaired) electrons. The maximum atomic E-state index is 8.99. The van der Waals surface area contributed by atoms with E-state index in [-0.39, 0.29) is 0 Å². The van der Waals surface area contributed by atoms with Crippen LogP contribution in [0.25, 0.3) is 0 Å². The summed E-state index contributed by atoms with van der Waals surface area (Å²) >= 11 is 0. The van der Waals surface area contributed by atoms with Crippen molar-refractivity contribution in [3.05, 3.63) is 35.4 Å². The van der Waals surface area contributed by atoms with Crippen LogP contribution in [0.5, 0.6) is 0 Å². The molecule has 0 N–H and O–H groups in total. The van der Waals surface area contributed by atoms with Crippen LogP contribution in [0.3, 0.4) is 0 Å². The Hall–Kier alpha value is -1.29. The molecule has 1 aromatic carbocycles. The summed E-state index contributed by atoms with van der Waals surface area (Å²) in [5, 5.41) is 8.99. The van der Waals surface area contributed by atoms with Crippen LogP contribution >= 0.6 is 0 Å². The number of nitriles is 1. The Morgan fingerprint density at radius 3 is 2.17 bits per heavy atom. The molecule has 0 saturated heterocycles. The van der Waals surface area contributed by atoms with Gasteiger partial charge in [-0.3, -0.25) is 0 Å². The first-order valence-electron chi connectivity index (χ1n) is 7.36. The van der Waals surface area contributed by atoms with Gasteiger partial charge in [-0.15, -0.1) is 0 Å². The molecule has 1 rings (SSSR count). The van der Waals surface area contributed by atoms with E-state index in [2.05, 4.69) is 19.1 Å². The Labute approximate surface area is 112 Å². The smallest absolute Gasteiger partial charge is 0.0994 e. The van der Waals surface area contributed by atoms with E-state index in [1.807, 2.05) is 18.2 Å². The lowest BCUT2D eigenvalue weighted by atomic mass is 10.0. The van der Waals surface area contributed by atoms with Crippen molar-refractivity contribution in [2.75, 3.05) is 0 Å². The van der Waals surface area contributed by atoms with Crippen LogP contribution in [0.4, 0.5) is 0 Å². The number of nitrogens with zero attached hydrogens (tertiary/aromatic N) is 1. The fourth-order valence-corrected chi connectivity index (χ4v) is 2.30. The van der Waals surface area contributed by atoms with Gasteiger partial charge in [0, 0.05) is 0 Å². The van der Waals surface area contributed by atoms with E-state index in [0.717, 1.165) is 12.0 Å². The molecule has 1 heteroatoms. The highest BCUT2D eigenvalue weighted by Crippen LogP contribution is 2.13. The van der Waals surface area contributed by atoms with Gasteiger partial charge in [-0.05, 0) is 24.5 Å². The molecule has 0 aliphatic heterocycles. The summed E-state index contributed by atoms with van der Waals surface area (Å²) in [6, 6.07) is 10.2. The zero-order chi connectivity index (χ0) is 13.1. The quantitative estimate of drug-likeness (QED) is 0.544. The molecule has 0 atom stereocenters. The predicted octanol–water partition coefficient (Wildman–Crippen LogP) is 5.24. The highest BCUT2D eigenvalue weighted by Gasteiger charge is 2.00. The van der Waals surface area contributed by atoms with Gasteiger partial charge in [0.15, 0.2) is 0 Å². The van der Waals surface area contributed by atoms with Crippen LogP contribution < -0.4 is 0 Å². The van der Waals surface area contributed by atoms with Crippen LogP contribution in [0, 0.1) is 11.3 Å². The number of benzene rings is 1. The van der Waals surface area contributed by atoms with Crippen LogP contribution in [0.1, 0.15) is 69.4 Å². The minimum atomic E-state index is 0.848. The molecule has 0 amide bonds. The van der Waals surface area contributed by atoms with Gasteiger partial charge >= 0.3 is 0 Å². The van der Waals surface area contributed by atoms with E-state index >= 15 is 0 Å². The molecule has 1 nitrogen and oxygen atoms in total. The molecule has 0 aliphatic carbocycles. The van der Waals surface area contributed by atoms with Gasteiger partial charge in [0.05, 0.1) is 11.6 Å². The van der Waals surface area contributed by atoms with E-state index in [1.165, 1.54) is 56.9 Å². The van der Waals surface area contributed by atoms with Gasteiger partial charge in [0.1, 0.15) is 0 Å². The van der Waals surface area contributed by atoms with Crippen LogP contribution in [0.2, 0.25) is 0 Å². The van der Waals surface area contributed by atoms with E-state index in [4.69, 9.17) is 5.26 Å². The summed E-state index contributed by atoms with van der Waals surface area (Å²) < 4.78 is 0. The van der Waals surface area contributed by atoms with Gasteiger partial charge in [-0.1, -0.05) is 70.1 Å². The molecule has 18 heavy (non-hydrogen) atoms. The Bertz CT molecular complexity index is 362. The van der Waals surface area contributed by atoms with Crippen molar-refractivity contribution in [1.29, 1.82) is 5.26 Å². The maximum absolute atomic E-state index is 8.99. The Morgan fingerprint density at radius 1 is 0.889 bits per heavy atom. The summed E-state index contributed by atoms with van der Waals surface area (Å²) in [4.78, 5) is 0. The molecule has 0 fully saturated rings. The molecule has 0 bridgehead atoms. The maximum Gasteiger partial charge on any atom is 0.0994 e. The fraction of sp³-hybridized carbons (Fsp3) is 0.588. The summed E-state index contributed by atoms with van der Waals surface area (Å²) in [5.41, 5.74) is 2.06. The first kappa shape index (κ1) is 14.8. The number of hydrogen-bond acceptors (Lipinski definition) is 1. The third-order valence-electron chi connectivity index (χ3n) is 3.44. The van der Waals surface area contributed by atoms with Crippen molar-refractivity contribution >= 4 is 0 Å². The predicted molar refractivity (Wildman–Crippen MR) is 77.5 cm³/mol. The second-order valence-electron chi connectivity index (χ2n) is 4.99. The van der Waals surface area contributed by atoms with Crippen molar-refractivity contribution in [2.24, 2.45) is 0 Å². The first-order chi connectivity index (χ1) is 8.88. The Morgan fingerprint density at radius 2 is 1.50 bits per heavy atom. The van der Waals surface area contributed by atoms with E-state index in [1.54, 1.807) is 0 Å². The minimum Gasteiger partial charge on any atom is -0.192 e. The molecule has 1 aromatic rings. The average Bonchev–Trinajstić information content (AvgIpc) is 2.42. The zero-order valence-electron chi connectivity index (χ0n) is 11.6. The van der Waals surface area contributed by atoms with Gasteiger partial charge in [-0.25, -0.2) is 0 Å². The number of unbranched alkanes of at least 4 members (excludes halogenated alkanes) is 7. The molecule has 0 aromatic heterocycles. The summed E-state index contributed by atoms with van der Waals surface area (Å²) in [5.74, 6) is 0. The van der Waals surface area contributed by atoms with Gasteiger partial charge in [0.2, 0.25) is 0 Å². The first-order valence-corrected chi connectivity index (χ1v) is 7.36. The zero-order valence-corrected chi connectivity index (χ0v) is 11.6. The summed E-state index contributed by atoms with van der Waals surface area (Å²) in [7, 11) is 0. The average molecular weight is 243 g/mol. The second kappa shape index (κ2) is 9.71. The van der Waals surface area contributed by atoms with Gasteiger partial charge in [0.25, 0.3) is 0 Å². The Kier molecular flexibility index (Phi) is 7.97. The normalized spacial score (nSPS) is 10.2. The highest BCUT2D eigenvalue weighted by molar-refractivity contribution is 5.37. The third-order valence-corrected chi connectivity index (χ3v) is 3.44. The molecule has 98 valence electrons. The summed E-state index contributed by atoms with van der Waals surface area (Å²) in [6.45, 7) is 2.26. The topological polar surface area (TPSA) is 23.8 Å². The number of rotatable bonds is 9. The van der Waals surface area contributed by atoms with E-state index in [9.17, 15) is 0 Å². The minimum absolute atomic E-state index is 0.848. The van der Waals surface area contributed by atoms with Crippen molar-refractivity contribution in [3.8, 4) is 6.07 Å². The van der Waals surface area contributed by atoms with Gasteiger partial charge in [-0.2, -0.15) is 5.26 Å². The van der Waals surface area contributed by atoms with Crippen molar-refractivity contribution in [2.45, 2.75) is 64.7 Å². The number of hydrogen-bond donors (Lipinski definition) is 0. The van der Waals surface area contributed by atoms with Crippen LogP contribution in [-0.4, -0.2) is 0 Å². The van der Waals surface area contributed by atoms with Crippen molar-refractivity contribution in [3.63, 3.8) is 0 Å². The van der Waals surface area contributed by atoms with Crippen molar-refractivity contribution in [1.82, 2.24) is 0 Å². The standard InChI is InChI=1S/C17H25N/c1-2-3-4-5-6-7-8-9-12-16-13-10-11-14-17(16)15-18/h10-11,13-14H,2-9,12H2,1H3.